The average molecular weight is 470 g/mol. The van der Waals surface area contributed by atoms with Gasteiger partial charge < -0.3 is 24.4 Å². The fourth-order valence-corrected chi connectivity index (χ4v) is 4.37. The van der Waals surface area contributed by atoms with Crippen molar-refractivity contribution in [3.8, 4) is 11.3 Å². The van der Waals surface area contributed by atoms with Crippen LogP contribution >= 0.6 is 0 Å². The van der Waals surface area contributed by atoms with Crippen molar-refractivity contribution in [2.24, 2.45) is 0 Å². The number of nitrogens with zero attached hydrogens (tertiary/aromatic N) is 6. The van der Waals surface area contributed by atoms with E-state index < -0.39 is 0 Å². The summed E-state index contributed by atoms with van der Waals surface area (Å²) in [5.41, 5.74) is 5.68. The third-order valence-electron chi connectivity index (χ3n) is 6.52. The summed E-state index contributed by atoms with van der Waals surface area (Å²) in [4.78, 5) is 29.1. The number of rotatable bonds is 7. The minimum atomic E-state index is 0.589. The van der Waals surface area contributed by atoms with Crippen LogP contribution < -0.4 is 15.1 Å². The molecular weight excluding hydrogens is 442 g/mol. The molecule has 178 valence electrons. The lowest BCUT2D eigenvalue weighted by Gasteiger charge is -2.27. The first kappa shape index (κ1) is 21.5. The molecule has 3 heterocycles. The Morgan fingerprint density at radius 3 is 2.60 bits per heavy atom. The summed E-state index contributed by atoms with van der Waals surface area (Å²) in [7, 11) is 1.73. The van der Waals surface area contributed by atoms with E-state index in [-0.39, 0.29) is 0 Å². The molecule has 1 aliphatic carbocycles. The number of amides is 1. The highest BCUT2D eigenvalue weighted by Gasteiger charge is 2.25. The quantitative estimate of drug-likeness (QED) is 0.409. The van der Waals surface area contributed by atoms with E-state index in [1.165, 1.54) is 17.7 Å². The Hall–Kier alpha value is -3.98. The number of hydrogen-bond donors (Lipinski definition) is 1. The number of imidazole rings is 1. The van der Waals surface area contributed by atoms with Crippen molar-refractivity contribution in [1.29, 1.82) is 0 Å². The number of benzene rings is 2. The van der Waals surface area contributed by atoms with Crippen LogP contribution in [0.2, 0.25) is 0 Å². The molecule has 35 heavy (non-hydrogen) atoms. The van der Waals surface area contributed by atoms with Crippen molar-refractivity contribution in [3.63, 3.8) is 0 Å². The van der Waals surface area contributed by atoms with E-state index >= 15 is 0 Å². The number of nitrogens with one attached hydrogen (secondary N) is 1. The molecule has 4 aromatic rings. The zero-order chi connectivity index (χ0) is 23.8. The fourth-order valence-electron chi connectivity index (χ4n) is 4.37. The van der Waals surface area contributed by atoms with Crippen LogP contribution in [0.25, 0.3) is 22.3 Å². The lowest BCUT2D eigenvalue weighted by atomic mass is 10.1. The van der Waals surface area contributed by atoms with Crippen molar-refractivity contribution in [2.75, 3.05) is 48.5 Å². The van der Waals surface area contributed by atoms with Crippen molar-refractivity contribution in [1.82, 2.24) is 19.5 Å². The molecule has 6 rings (SSSR count). The second kappa shape index (κ2) is 8.99. The van der Waals surface area contributed by atoms with Crippen LogP contribution in [-0.2, 0) is 9.53 Å². The highest BCUT2D eigenvalue weighted by atomic mass is 16.5. The summed E-state index contributed by atoms with van der Waals surface area (Å²) < 4.78 is 7.80. The van der Waals surface area contributed by atoms with Crippen molar-refractivity contribution in [2.45, 2.75) is 18.9 Å². The van der Waals surface area contributed by atoms with Gasteiger partial charge in [0.1, 0.15) is 5.82 Å². The molecule has 0 bridgehead atoms. The Bertz CT molecular complexity index is 1360. The number of carbonyl (C=O) groups is 1. The first-order chi connectivity index (χ1) is 17.2. The van der Waals surface area contributed by atoms with Crippen LogP contribution in [0.15, 0.2) is 54.9 Å². The molecule has 0 radical (unpaired) electrons. The van der Waals surface area contributed by atoms with Crippen LogP contribution in [-0.4, -0.2) is 59.3 Å². The van der Waals surface area contributed by atoms with Crippen molar-refractivity contribution in [3.05, 3.63) is 54.9 Å². The molecule has 0 atom stereocenters. The number of anilines is 4. The maximum Gasteiger partial charge on any atom is 0.228 e. The maximum absolute atomic E-state index is 11.0. The van der Waals surface area contributed by atoms with E-state index in [4.69, 9.17) is 14.7 Å². The molecule has 0 spiro atoms. The molecule has 2 aliphatic rings. The lowest BCUT2D eigenvalue weighted by molar-refractivity contribution is -0.107. The molecule has 2 aromatic carbocycles. The highest BCUT2D eigenvalue weighted by Crippen LogP contribution is 2.37. The van der Waals surface area contributed by atoms with Gasteiger partial charge in [0.25, 0.3) is 0 Å². The molecule has 1 saturated carbocycles. The van der Waals surface area contributed by atoms with E-state index in [1.807, 2.05) is 36.7 Å². The van der Waals surface area contributed by atoms with Gasteiger partial charge in [0.2, 0.25) is 12.4 Å². The van der Waals surface area contributed by atoms with Gasteiger partial charge in [-0.3, -0.25) is 4.79 Å². The van der Waals surface area contributed by atoms with E-state index in [0.717, 1.165) is 53.2 Å². The Labute approximate surface area is 203 Å². The van der Waals surface area contributed by atoms with Crippen LogP contribution in [0, 0.1) is 0 Å². The van der Waals surface area contributed by atoms with Gasteiger partial charge in [-0.25, -0.2) is 9.97 Å². The monoisotopic (exact) mass is 469 g/mol. The highest BCUT2D eigenvalue weighted by molar-refractivity contribution is 5.82. The van der Waals surface area contributed by atoms with Gasteiger partial charge in [-0.1, -0.05) is 6.07 Å². The summed E-state index contributed by atoms with van der Waals surface area (Å²) >= 11 is 0. The number of morpholine rings is 1. The number of hydrogen-bond acceptors (Lipinski definition) is 7. The number of fused-ring (bicyclic) bond motifs is 1. The third-order valence-corrected chi connectivity index (χ3v) is 6.52. The van der Waals surface area contributed by atoms with Crippen molar-refractivity contribution >= 4 is 40.6 Å². The number of aromatic nitrogens is 4. The van der Waals surface area contributed by atoms with E-state index in [2.05, 4.69) is 38.0 Å². The summed E-state index contributed by atoms with van der Waals surface area (Å²) in [5.74, 6) is 1.38. The normalized spacial score (nSPS) is 15.9. The summed E-state index contributed by atoms with van der Waals surface area (Å²) in [6.45, 7) is 2.82. The minimum Gasteiger partial charge on any atom is -0.378 e. The van der Waals surface area contributed by atoms with E-state index in [1.54, 1.807) is 7.05 Å². The predicted octanol–water partition coefficient (Wildman–Crippen LogP) is 4.00. The molecule has 9 nitrogen and oxygen atoms in total. The Kier molecular flexibility index (Phi) is 5.54. The summed E-state index contributed by atoms with van der Waals surface area (Å²) in [6.07, 6.45) is 5.19. The van der Waals surface area contributed by atoms with Gasteiger partial charge in [-0.15, -0.1) is 0 Å². The second-order valence-electron chi connectivity index (χ2n) is 9.01. The molecule has 1 aliphatic heterocycles. The molecular formula is C26H27N7O2. The minimum absolute atomic E-state index is 0.589. The van der Waals surface area contributed by atoms with E-state index in [0.29, 0.717) is 31.0 Å². The Morgan fingerprint density at radius 1 is 1.06 bits per heavy atom. The SMILES string of the molecule is CN(C=O)c1ccc(Nc2cc(-c3ccc4c(c3)ncn4C3CC3)nc(N3CCOCC3)n2)cc1. The summed E-state index contributed by atoms with van der Waals surface area (Å²) in [5, 5.41) is 3.41. The second-order valence-corrected chi connectivity index (χ2v) is 9.01. The van der Waals surface area contributed by atoms with Gasteiger partial charge in [-0.2, -0.15) is 4.98 Å². The molecule has 1 amide bonds. The molecule has 9 heteroatoms. The third kappa shape index (κ3) is 4.42. The average Bonchev–Trinajstić information content (AvgIpc) is 3.67. The Morgan fingerprint density at radius 2 is 1.86 bits per heavy atom. The van der Waals surface area contributed by atoms with Crippen LogP contribution in [0.1, 0.15) is 18.9 Å². The first-order valence-electron chi connectivity index (χ1n) is 11.9. The van der Waals surface area contributed by atoms with Gasteiger partial charge >= 0.3 is 0 Å². The van der Waals surface area contributed by atoms with Gasteiger partial charge in [0.05, 0.1) is 36.3 Å². The number of carbonyl (C=O) groups excluding carboxylic acids is 1. The summed E-state index contributed by atoms with van der Waals surface area (Å²) in [6, 6.07) is 16.6. The lowest BCUT2D eigenvalue weighted by Crippen LogP contribution is -2.37. The standard InChI is InChI=1S/C26H27N7O2/c1-31(17-34)20-5-3-19(4-6-20)28-25-15-22(29-26(30-25)32-10-12-35-13-11-32)18-2-9-24-23(14-18)27-16-33(24)21-7-8-21/h2-6,9,14-17,21H,7-8,10-13H2,1H3,(H,28,29,30). The predicted molar refractivity (Wildman–Crippen MR) is 136 cm³/mol. The van der Waals surface area contributed by atoms with Gasteiger partial charge in [-0.05, 0) is 49.2 Å². The van der Waals surface area contributed by atoms with Gasteiger partial charge in [0.15, 0.2) is 0 Å². The van der Waals surface area contributed by atoms with Crippen LogP contribution in [0.3, 0.4) is 0 Å². The molecule has 0 unspecified atom stereocenters. The largest absolute Gasteiger partial charge is 0.378 e. The first-order valence-corrected chi connectivity index (χ1v) is 11.9. The van der Waals surface area contributed by atoms with Crippen LogP contribution in [0.4, 0.5) is 23.1 Å². The smallest absolute Gasteiger partial charge is 0.228 e. The van der Waals surface area contributed by atoms with Crippen LogP contribution in [0.5, 0.6) is 0 Å². The molecule has 1 N–H and O–H groups in total. The molecule has 1 saturated heterocycles. The molecule has 2 aromatic heterocycles. The topological polar surface area (TPSA) is 88.4 Å². The molecule has 2 fully saturated rings. The van der Waals surface area contributed by atoms with E-state index in [9.17, 15) is 4.79 Å². The number of ether oxygens (including phenoxy) is 1. The van der Waals surface area contributed by atoms with Gasteiger partial charge in [0, 0.05) is 49.2 Å². The Balaban J connectivity index is 1.35. The van der Waals surface area contributed by atoms with Crippen molar-refractivity contribution < 1.29 is 9.53 Å². The maximum atomic E-state index is 11.0. The zero-order valence-electron chi connectivity index (χ0n) is 19.6. The zero-order valence-corrected chi connectivity index (χ0v) is 19.6. The fraction of sp³-hybridized carbons (Fsp3) is 0.308.